The molecule has 0 aromatic heterocycles. The third-order valence-corrected chi connectivity index (χ3v) is 2.55. The Hall–Kier alpha value is -0.930. The molecule has 1 rings (SSSR count). The minimum atomic E-state index is 0.0422. The van der Waals surface area contributed by atoms with E-state index in [1.54, 1.807) is 20.3 Å². The normalized spacial score (nSPS) is 11.4. The Morgan fingerprint density at radius 1 is 1.18 bits per heavy atom. The molecular weight excluding hydrogens is 238 g/mol. The van der Waals surface area contributed by atoms with Crippen LogP contribution in [0.25, 0.3) is 0 Å². The molecule has 0 aliphatic heterocycles. The van der Waals surface area contributed by atoms with Crippen molar-refractivity contribution in [1.82, 2.24) is 5.32 Å². The van der Waals surface area contributed by atoms with Crippen LogP contribution in [0.5, 0.6) is 11.5 Å². The number of halogens is 1. The zero-order chi connectivity index (χ0) is 13.1. The van der Waals surface area contributed by atoms with E-state index in [1.165, 1.54) is 0 Å². The molecule has 1 aromatic rings. The first-order chi connectivity index (χ1) is 7.87. The molecule has 0 aliphatic rings. The standard InChI is InChI=1S/C13H20ClNO2/c1-13(2,3)15-8-9-6-10(14)7-11(16-4)12(9)17-5/h6-7,15H,8H2,1-5H3. The van der Waals surface area contributed by atoms with Crippen LogP contribution in [0.15, 0.2) is 12.1 Å². The third-order valence-electron chi connectivity index (χ3n) is 2.33. The van der Waals surface area contributed by atoms with Gasteiger partial charge in [0.25, 0.3) is 0 Å². The molecule has 0 saturated carbocycles. The summed E-state index contributed by atoms with van der Waals surface area (Å²) in [4.78, 5) is 0. The molecule has 4 heteroatoms. The Bertz CT molecular complexity index is 386. The summed E-state index contributed by atoms with van der Waals surface area (Å²) in [5, 5.41) is 4.04. The van der Waals surface area contributed by atoms with Crippen LogP contribution < -0.4 is 14.8 Å². The highest BCUT2D eigenvalue weighted by molar-refractivity contribution is 6.30. The number of ether oxygens (including phenoxy) is 2. The summed E-state index contributed by atoms with van der Waals surface area (Å²) in [6.45, 7) is 7.02. The lowest BCUT2D eigenvalue weighted by molar-refractivity contribution is 0.347. The summed E-state index contributed by atoms with van der Waals surface area (Å²) in [6.07, 6.45) is 0. The van der Waals surface area contributed by atoms with Crippen molar-refractivity contribution >= 4 is 11.6 Å². The van der Waals surface area contributed by atoms with Crippen molar-refractivity contribution in [3.8, 4) is 11.5 Å². The molecule has 0 amide bonds. The van der Waals surface area contributed by atoms with E-state index < -0.39 is 0 Å². The van der Waals surface area contributed by atoms with Crippen molar-refractivity contribution in [2.24, 2.45) is 0 Å². The Balaban J connectivity index is 3.00. The van der Waals surface area contributed by atoms with E-state index in [9.17, 15) is 0 Å². The molecule has 3 nitrogen and oxygen atoms in total. The van der Waals surface area contributed by atoms with Gasteiger partial charge in [-0.15, -0.1) is 0 Å². The van der Waals surface area contributed by atoms with Crippen molar-refractivity contribution in [3.05, 3.63) is 22.7 Å². The third kappa shape index (κ3) is 4.10. The highest BCUT2D eigenvalue weighted by atomic mass is 35.5. The van der Waals surface area contributed by atoms with Crippen LogP contribution in [0.1, 0.15) is 26.3 Å². The lowest BCUT2D eigenvalue weighted by Gasteiger charge is -2.22. The SMILES string of the molecule is COc1cc(Cl)cc(CNC(C)(C)C)c1OC. The second-order valence-electron chi connectivity index (χ2n) is 4.90. The van der Waals surface area contributed by atoms with Crippen LogP contribution >= 0.6 is 11.6 Å². The topological polar surface area (TPSA) is 30.5 Å². The molecule has 96 valence electrons. The number of hydrogen-bond donors (Lipinski definition) is 1. The fraction of sp³-hybridized carbons (Fsp3) is 0.538. The Morgan fingerprint density at radius 3 is 2.29 bits per heavy atom. The van der Waals surface area contributed by atoms with E-state index in [2.05, 4.69) is 26.1 Å². The molecule has 0 bridgehead atoms. The monoisotopic (exact) mass is 257 g/mol. The summed E-state index contributed by atoms with van der Waals surface area (Å²) in [7, 11) is 3.24. The smallest absolute Gasteiger partial charge is 0.165 e. The minimum Gasteiger partial charge on any atom is -0.493 e. The molecule has 0 spiro atoms. The first-order valence-corrected chi connectivity index (χ1v) is 5.90. The quantitative estimate of drug-likeness (QED) is 0.898. The van der Waals surface area contributed by atoms with Gasteiger partial charge in [-0.25, -0.2) is 0 Å². The molecule has 1 N–H and O–H groups in total. The van der Waals surface area contributed by atoms with Crippen molar-refractivity contribution in [3.63, 3.8) is 0 Å². The van der Waals surface area contributed by atoms with Crippen molar-refractivity contribution in [2.75, 3.05) is 14.2 Å². The fourth-order valence-electron chi connectivity index (χ4n) is 1.50. The van der Waals surface area contributed by atoms with E-state index >= 15 is 0 Å². The van der Waals surface area contributed by atoms with Crippen LogP contribution in [0.2, 0.25) is 5.02 Å². The lowest BCUT2D eigenvalue weighted by atomic mass is 10.1. The largest absolute Gasteiger partial charge is 0.493 e. The predicted molar refractivity (Wildman–Crippen MR) is 71.1 cm³/mol. The second-order valence-corrected chi connectivity index (χ2v) is 5.34. The molecule has 1 aromatic carbocycles. The van der Waals surface area contributed by atoms with E-state index in [0.717, 1.165) is 11.3 Å². The minimum absolute atomic E-state index is 0.0422. The lowest BCUT2D eigenvalue weighted by Crippen LogP contribution is -2.35. The molecule has 0 fully saturated rings. The van der Waals surface area contributed by atoms with Gasteiger partial charge in [-0.3, -0.25) is 0 Å². The maximum absolute atomic E-state index is 6.04. The van der Waals surface area contributed by atoms with Gasteiger partial charge < -0.3 is 14.8 Å². The molecule has 0 atom stereocenters. The number of rotatable bonds is 4. The van der Waals surface area contributed by atoms with Crippen molar-refractivity contribution in [2.45, 2.75) is 32.9 Å². The number of methoxy groups -OCH3 is 2. The Labute approximate surface area is 108 Å². The van der Waals surface area contributed by atoms with E-state index in [0.29, 0.717) is 17.3 Å². The van der Waals surface area contributed by atoms with Crippen LogP contribution in [0.4, 0.5) is 0 Å². The van der Waals surface area contributed by atoms with Gasteiger partial charge in [0, 0.05) is 28.7 Å². The maximum Gasteiger partial charge on any atom is 0.165 e. The van der Waals surface area contributed by atoms with Gasteiger partial charge in [0.05, 0.1) is 14.2 Å². The van der Waals surface area contributed by atoms with E-state index in [1.807, 2.05) is 6.07 Å². The molecule has 17 heavy (non-hydrogen) atoms. The van der Waals surface area contributed by atoms with Gasteiger partial charge in [0.2, 0.25) is 0 Å². The van der Waals surface area contributed by atoms with Gasteiger partial charge in [-0.05, 0) is 26.8 Å². The highest BCUT2D eigenvalue weighted by Crippen LogP contribution is 2.34. The molecule has 0 saturated heterocycles. The summed E-state index contributed by atoms with van der Waals surface area (Å²) >= 11 is 6.04. The maximum atomic E-state index is 6.04. The summed E-state index contributed by atoms with van der Waals surface area (Å²) in [6, 6.07) is 3.64. The van der Waals surface area contributed by atoms with Gasteiger partial charge in [-0.1, -0.05) is 11.6 Å². The van der Waals surface area contributed by atoms with Gasteiger partial charge in [0.1, 0.15) is 0 Å². The first-order valence-electron chi connectivity index (χ1n) is 5.53. The number of benzene rings is 1. The molecule has 0 radical (unpaired) electrons. The first kappa shape index (κ1) is 14.1. The van der Waals surface area contributed by atoms with Crippen LogP contribution in [-0.2, 0) is 6.54 Å². The molecule has 0 heterocycles. The van der Waals surface area contributed by atoms with Gasteiger partial charge >= 0.3 is 0 Å². The van der Waals surface area contributed by atoms with Crippen molar-refractivity contribution < 1.29 is 9.47 Å². The Morgan fingerprint density at radius 2 is 1.82 bits per heavy atom. The summed E-state index contributed by atoms with van der Waals surface area (Å²) in [5.41, 5.74) is 1.03. The highest BCUT2D eigenvalue weighted by Gasteiger charge is 2.14. The van der Waals surface area contributed by atoms with E-state index in [4.69, 9.17) is 21.1 Å². The van der Waals surface area contributed by atoms with Crippen LogP contribution in [0.3, 0.4) is 0 Å². The number of hydrogen-bond acceptors (Lipinski definition) is 3. The van der Waals surface area contributed by atoms with Crippen LogP contribution in [-0.4, -0.2) is 19.8 Å². The van der Waals surface area contributed by atoms with Gasteiger partial charge in [0.15, 0.2) is 11.5 Å². The zero-order valence-electron chi connectivity index (χ0n) is 11.1. The number of nitrogens with one attached hydrogen (secondary N) is 1. The summed E-state index contributed by atoms with van der Waals surface area (Å²) < 4.78 is 10.6. The van der Waals surface area contributed by atoms with Crippen LogP contribution in [0, 0.1) is 0 Å². The average Bonchev–Trinajstić information content (AvgIpc) is 2.24. The molecule has 0 unspecified atom stereocenters. The van der Waals surface area contributed by atoms with Gasteiger partial charge in [-0.2, -0.15) is 0 Å². The second kappa shape index (κ2) is 5.61. The molecular formula is C13H20ClNO2. The zero-order valence-corrected chi connectivity index (χ0v) is 11.8. The predicted octanol–water partition coefficient (Wildman–Crippen LogP) is 3.25. The average molecular weight is 258 g/mol. The van der Waals surface area contributed by atoms with Crippen molar-refractivity contribution in [1.29, 1.82) is 0 Å². The molecule has 0 aliphatic carbocycles. The summed E-state index contributed by atoms with van der Waals surface area (Å²) in [5.74, 6) is 1.39. The van der Waals surface area contributed by atoms with E-state index in [-0.39, 0.29) is 5.54 Å². The fourth-order valence-corrected chi connectivity index (χ4v) is 1.73. The Kier molecular flexibility index (Phi) is 4.66.